The van der Waals surface area contributed by atoms with Gasteiger partial charge in [0.2, 0.25) is 5.91 Å². The lowest BCUT2D eigenvalue weighted by Gasteiger charge is -2.22. The van der Waals surface area contributed by atoms with Crippen LogP contribution < -0.4 is 22.1 Å². The number of benzene rings is 1. The van der Waals surface area contributed by atoms with E-state index in [0.29, 0.717) is 36.8 Å². The van der Waals surface area contributed by atoms with Crippen LogP contribution in [0.4, 0.5) is 17.3 Å². The number of allylic oxidation sites excluding steroid dienone is 2. The number of nitrogens with two attached hydrogens (primary N) is 2. The van der Waals surface area contributed by atoms with E-state index in [0.717, 1.165) is 65.9 Å². The number of hydrogen-bond acceptors (Lipinski definition) is 6. The number of nitrogens with one attached hydrogen (secondary N) is 2. The van der Waals surface area contributed by atoms with Gasteiger partial charge >= 0.3 is 0 Å². The van der Waals surface area contributed by atoms with Crippen molar-refractivity contribution in [2.45, 2.75) is 76.7 Å². The normalized spacial score (nSPS) is 13.8. The maximum atomic E-state index is 12.2. The number of nitrogen functional groups attached to an aromatic ring is 2. The zero-order valence-corrected chi connectivity index (χ0v) is 23.4. The van der Waals surface area contributed by atoms with Gasteiger partial charge in [-0.2, -0.15) is 0 Å². The number of carbonyl (C=O) groups excluding carboxylic acids is 1. The molecule has 0 unspecified atom stereocenters. The molecule has 1 aliphatic rings. The molecular weight excluding hydrogens is 496 g/mol. The summed E-state index contributed by atoms with van der Waals surface area (Å²) in [5.74, 6) is 1.42. The largest absolute Gasteiger partial charge is 0.398 e. The van der Waals surface area contributed by atoms with Gasteiger partial charge in [0.15, 0.2) is 0 Å². The highest BCUT2D eigenvalue weighted by Crippen LogP contribution is 2.26. The summed E-state index contributed by atoms with van der Waals surface area (Å²) in [7, 11) is 0. The Labute approximate surface area is 238 Å². The van der Waals surface area contributed by atoms with Gasteiger partial charge in [-0.05, 0) is 67.3 Å². The first kappa shape index (κ1) is 28.9. The topological polar surface area (TPSA) is 119 Å². The van der Waals surface area contributed by atoms with Crippen LogP contribution >= 0.6 is 0 Å². The molecule has 0 atom stereocenters. The van der Waals surface area contributed by atoms with E-state index in [1.807, 2.05) is 30.3 Å². The van der Waals surface area contributed by atoms with Gasteiger partial charge in [-0.15, -0.1) is 0 Å². The van der Waals surface area contributed by atoms with Crippen molar-refractivity contribution in [1.82, 2.24) is 15.3 Å². The van der Waals surface area contributed by atoms with E-state index in [2.05, 4.69) is 51.5 Å². The smallest absolute Gasteiger partial charge is 0.220 e. The minimum atomic E-state index is 0.199. The van der Waals surface area contributed by atoms with Gasteiger partial charge in [-0.25, -0.2) is 9.97 Å². The highest BCUT2D eigenvalue weighted by Gasteiger charge is 2.15. The van der Waals surface area contributed by atoms with E-state index in [9.17, 15) is 4.79 Å². The Balaban J connectivity index is 1.23. The van der Waals surface area contributed by atoms with E-state index in [1.54, 1.807) is 12.4 Å². The Kier molecular flexibility index (Phi) is 10.7. The molecular formula is C33H42N6O. The molecule has 0 aliphatic heterocycles. The maximum Gasteiger partial charge on any atom is 0.220 e. The van der Waals surface area contributed by atoms with Crippen LogP contribution in [-0.2, 0) is 17.6 Å². The minimum Gasteiger partial charge on any atom is -0.398 e. The van der Waals surface area contributed by atoms with Crippen LogP contribution in [-0.4, -0.2) is 21.9 Å². The summed E-state index contributed by atoms with van der Waals surface area (Å²) in [5.41, 5.74) is 18.1. The molecule has 0 bridgehead atoms. The Morgan fingerprint density at radius 2 is 1.80 bits per heavy atom. The van der Waals surface area contributed by atoms with Gasteiger partial charge in [0.05, 0.1) is 0 Å². The van der Waals surface area contributed by atoms with Crippen molar-refractivity contribution >= 4 is 28.9 Å². The third kappa shape index (κ3) is 8.70. The number of nitrogens with zero attached hydrogens (tertiary/aromatic N) is 2. The fraction of sp³-hybridized carbons (Fsp3) is 0.364. The number of carbonyl (C=O) groups is 1. The molecule has 0 spiro atoms. The Morgan fingerprint density at radius 3 is 2.55 bits per heavy atom. The Hall–Kier alpha value is -4.13. The molecule has 7 heteroatoms. The maximum absolute atomic E-state index is 12.2. The van der Waals surface area contributed by atoms with Gasteiger partial charge in [0, 0.05) is 48.2 Å². The number of aromatic nitrogens is 2. The summed E-state index contributed by atoms with van der Waals surface area (Å²) in [6.07, 6.45) is 18.6. The van der Waals surface area contributed by atoms with E-state index in [-0.39, 0.29) is 5.91 Å². The molecule has 3 aromatic rings. The molecule has 4 rings (SSSR count). The molecule has 1 amide bonds. The van der Waals surface area contributed by atoms with Gasteiger partial charge < -0.3 is 22.1 Å². The van der Waals surface area contributed by atoms with Crippen molar-refractivity contribution in [1.29, 1.82) is 0 Å². The summed E-state index contributed by atoms with van der Waals surface area (Å²) >= 11 is 0. The van der Waals surface area contributed by atoms with Crippen LogP contribution in [0, 0.1) is 0 Å². The molecule has 40 heavy (non-hydrogen) atoms. The molecule has 1 aliphatic carbocycles. The molecule has 2 heterocycles. The zero-order chi connectivity index (χ0) is 28.2. The molecule has 6 N–H and O–H groups in total. The van der Waals surface area contributed by atoms with Crippen molar-refractivity contribution in [3.63, 3.8) is 0 Å². The fourth-order valence-corrected chi connectivity index (χ4v) is 5.09. The molecule has 1 saturated carbocycles. The van der Waals surface area contributed by atoms with Crippen molar-refractivity contribution in [3.05, 3.63) is 95.8 Å². The second-order valence-electron chi connectivity index (χ2n) is 10.6. The van der Waals surface area contributed by atoms with E-state index >= 15 is 0 Å². The molecule has 2 aromatic heterocycles. The van der Waals surface area contributed by atoms with Crippen molar-refractivity contribution in [2.75, 3.05) is 16.8 Å². The summed E-state index contributed by atoms with van der Waals surface area (Å²) in [5, 5.41) is 6.42. The first-order valence-corrected chi connectivity index (χ1v) is 14.4. The SMILES string of the molecule is C=C(Nc1ccccn1)c1ccc(Cc2c(N)ncc(C/C=C/CCCCC(=O)NC3CCCCC3)c2N)cc1. The summed E-state index contributed by atoms with van der Waals surface area (Å²) in [4.78, 5) is 20.9. The van der Waals surface area contributed by atoms with Crippen molar-refractivity contribution in [2.24, 2.45) is 0 Å². The average Bonchev–Trinajstić information content (AvgIpc) is 2.97. The molecule has 0 saturated heterocycles. The standard InChI is InChI=1S/C33H42N6O/c1-24(38-30-15-10-11-21-36-30)26-19-17-25(18-20-26)22-29-32(34)27(23-37-33(29)35)12-6-3-2-4-9-16-31(40)39-28-13-7-5-8-14-28/h3,6,10-11,15,17-21,23,28H,1-2,4-5,7-9,12-14,16,22H2,(H,36,38)(H,39,40)(H4,34,35,37)/b6-3+. The van der Waals surface area contributed by atoms with Crippen LogP contribution in [0.25, 0.3) is 5.70 Å². The molecule has 1 fully saturated rings. The Bertz CT molecular complexity index is 1280. The van der Waals surface area contributed by atoms with Crippen molar-refractivity contribution < 1.29 is 4.79 Å². The second-order valence-corrected chi connectivity index (χ2v) is 10.6. The number of amides is 1. The van der Waals surface area contributed by atoms with Crippen LogP contribution in [0.2, 0.25) is 0 Å². The second kappa shape index (κ2) is 14.9. The van der Waals surface area contributed by atoms with E-state index in [4.69, 9.17) is 11.5 Å². The third-order valence-electron chi connectivity index (χ3n) is 7.47. The summed E-state index contributed by atoms with van der Waals surface area (Å²) < 4.78 is 0. The van der Waals surface area contributed by atoms with Crippen LogP contribution in [0.3, 0.4) is 0 Å². The first-order valence-electron chi connectivity index (χ1n) is 14.4. The fourth-order valence-electron chi connectivity index (χ4n) is 5.09. The zero-order valence-electron chi connectivity index (χ0n) is 23.4. The van der Waals surface area contributed by atoms with Crippen LogP contribution in [0.5, 0.6) is 0 Å². The monoisotopic (exact) mass is 538 g/mol. The molecule has 0 radical (unpaired) electrons. The lowest BCUT2D eigenvalue weighted by Crippen LogP contribution is -2.35. The van der Waals surface area contributed by atoms with Gasteiger partial charge in [0.1, 0.15) is 11.6 Å². The van der Waals surface area contributed by atoms with Gasteiger partial charge in [-0.3, -0.25) is 4.79 Å². The molecule has 1 aromatic carbocycles. The van der Waals surface area contributed by atoms with Crippen LogP contribution in [0.1, 0.15) is 80.0 Å². The van der Waals surface area contributed by atoms with Crippen LogP contribution in [0.15, 0.2) is 73.6 Å². The van der Waals surface area contributed by atoms with E-state index < -0.39 is 0 Å². The number of pyridine rings is 2. The lowest BCUT2D eigenvalue weighted by atomic mass is 9.95. The van der Waals surface area contributed by atoms with Gasteiger partial charge in [0.25, 0.3) is 0 Å². The number of anilines is 3. The predicted octanol–water partition coefficient (Wildman–Crippen LogP) is 6.42. The average molecular weight is 539 g/mol. The summed E-state index contributed by atoms with van der Waals surface area (Å²) in [6, 6.07) is 14.3. The molecule has 210 valence electrons. The van der Waals surface area contributed by atoms with Gasteiger partial charge in [-0.1, -0.05) is 68.3 Å². The molecule has 7 nitrogen and oxygen atoms in total. The predicted molar refractivity (Wildman–Crippen MR) is 166 cm³/mol. The Morgan fingerprint density at radius 1 is 1.00 bits per heavy atom. The summed E-state index contributed by atoms with van der Waals surface area (Å²) in [6.45, 7) is 4.13. The minimum absolute atomic E-state index is 0.199. The third-order valence-corrected chi connectivity index (χ3v) is 7.47. The quantitative estimate of drug-likeness (QED) is 0.147. The number of rotatable bonds is 13. The first-order chi connectivity index (χ1) is 19.5. The van der Waals surface area contributed by atoms with Crippen molar-refractivity contribution in [3.8, 4) is 0 Å². The lowest BCUT2D eigenvalue weighted by molar-refractivity contribution is -0.122. The highest BCUT2D eigenvalue weighted by atomic mass is 16.1. The number of unbranched alkanes of at least 4 members (excludes halogenated alkanes) is 2. The number of hydrogen-bond donors (Lipinski definition) is 4. The highest BCUT2D eigenvalue weighted by molar-refractivity contribution is 5.76. The van der Waals surface area contributed by atoms with E-state index in [1.165, 1.54) is 19.3 Å².